The predicted molar refractivity (Wildman–Crippen MR) is 94.8 cm³/mol. The first-order valence-corrected chi connectivity index (χ1v) is 7.98. The molecule has 128 valence electrons. The lowest BCUT2D eigenvalue weighted by Crippen LogP contribution is -2.24. The van der Waals surface area contributed by atoms with Crippen molar-refractivity contribution in [3.8, 4) is 17.6 Å². The smallest absolute Gasteiger partial charge is 0.262 e. The lowest BCUT2D eigenvalue weighted by Gasteiger charge is -2.11. The summed E-state index contributed by atoms with van der Waals surface area (Å²) in [7, 11) is 1.56. The maximum atomic E-state index is 11.9. The van der Waals surface area contributed by atoms with Gasteiger partial charge in [0.1, 0.15) is 11.6 Å². The van der Waals surface area contributed by atoms with Gasteiger partial charge in [-0.3, -0.25) is 4.79 Å². The Balaban J connectivity index is 2.88. The number of unbranched alkanes of at least 4 members (excludes halogenated alkanes) is 2. The van der Waals surface area contributed by atoms with Crippen LogP contribution in [-0.2, 0) is 4.79 Å². The van der Waals surface area contributed by atoms with E-state index in [0.717, 1.165) is 19.3 Å². The minimum Gasteiger partial charge on any atom is -0.493 e. The fourth-order valence-corrected chi connectivity index (χ4v) is 2.00. The number of hydrogen-bond acceptors (Lipinski definition) is 4. The third-order valence-corrected chi connectivity index (χ3v) is 3.28. The van der Waals surface area contributed by atoms with E-state index in [-0.39, 0.29) is 5.57 Å². The molecule has 5 heteroatoms. The molecule has 0 unspecified atom stereocenters. The average Bonchev–Trinajstić information content (AvgIpc) is 2.61. The predicted octanol–water partition coefficient (Wildman–Crippen LogP) is 3.47. The SMILES string of the molecule is C=CCNC(=O)/C(C#N)=C\c1ccc(OCCCCC)c(OC)c1. The van der Waals surface area contributed by atoms with Crippen molar-refractivity contribution in [2.75, 3.05) is 20.3 Å². The molecule has 5 nitrogen and oxygen atoms in total. The Hall–Kier alpha value is -2.74. The summed E-state index contributed by atoms with van der Waals surface area (Å²) < 4.78 is 11.0. The largest absolute Gasteiger partial charge is 0.493 e. The zero-order chi connectivity index (χ0) is 17.8. The second-order valence-electron chi connectivity index (χ2n) is 5.13. The van der Waals surface area contributed by atoms with Gasteiger partial charge in [0.15, 0.2) is 11.5 Å². The molecule has 0 fully saturated rings. The van der Waals surface area contributed by atoms with Gasteiger partial charge in [-0.15, -0.1) is 6.58 Å². The number of nitriles is 1. The minimum atomic E-state index is -0.434. The van der Waals surface area contributed by atoms with Crippen molar-refractivity contribution >= 4 is 12.0 Å². The molecular formula is C19H24N2O3. The van der Waals surface area contributed by atoms with E-state index in [4.69, 9.17) is 14.7 Å². The van der Waals surface area contributed by atoms with Crippen molar-refractivity contribution in [2.45, 2.75) is 26.2 Å². The summed E-state index contributed by atoms with van der Waals surface area (Å²) >= 11 is 0. The van der Waals surface area contributed by atoms with Crippen LogP contribution in [0.2, 0.25) is 0 Å². The fraction of sp³-hybridized carbons (Fsp3) is 0.368. The second-order valence-corrected chi connectivity index (χ2v) is 5.13. The number of nitrogens with zero attached hydrogens (tertiary/aromatic N) is 1. The van der Waals surface area contributed by atoms with Crippen LogP contribution in [0.5, 0.6) is 11.5 Å². The maximum absolute atomic E-state index is 11.9. The van der Waals surface area contributed by atoms with E-state index >= 15 is 0 Å². The quantitative estimate of drug-likeness (QED) is 0.309. The molecule has 0 aromatic heterocycles. The van der Waals surface area contributed by atoms with Crippen LogP contribution in [0.25, 0.3) is 6.08 Å². The van der Waals surface area contributed by atoms with Crippen LogP contribution in [0.4, 0.5) is 0 Å². The number of methoxy groups -OCH3 is 1. The zero-order valence-corrected chi connectivity index (χ0v) is 14.3. The Bertz CT molecular complexity index is 630. The fourth-order valence-electron chi connectivity index (χ4n) is 2.00. The van der Waals surface area contributed by atoms with Gasteiger partial charge in [-0.1, -0.05) is 31.9 Å². The number of carbonyl (C=O) groups excluding carboxylic acids is 1. The van der Waals surface area contributed by atoms with Crippen molar-refractivity contribution in [1.29, 1.82) is 5.26 Å². The third-order valence-electron chi connectivity index (χ3n) is 3.28. The first-order chi connectivity index (χ1) is 11.7. The standard InChI is InChI=1S/C19H24N2O3/c1-4-6-7-11-24-17-9-8-15(13-18(17)23-3)12-16(14-20)19(22)21-10-5-2/h5,8-9,12-13H,2,4,6-7,10-11H2,1,3H3,(H,21,22)/b16-12-. The molecule has 0 heterocycles. The number of nitrogens with one attached hydrogen (secondary N) is 1. The highest BCUT2D eigenvalue weighted by atomic mass is 16.5. The molecule has 0 spiro atoms. The van der Waals surface area contributed by atoms with Gasteiger partial charge in [0.05, 0.1) is 13.7 Å². The Kier molecular flexibility index (Phi) is 8.77. The summed E-state index contributed by atoms with van der Waals surface area (Å²) in [5.41, 5.74) is 0.716. The highest BCUT2D eigenvalue weighted by Gasteiger charge is 2.10. The van der Waals surface area contributed by atoms with Gasteiger partial charge in [-0.25, -0.2) is 0 Å². The van der Waals surface area contributed by atoms with Crippen LogP contribution in [0.3, 0.4) is 0 Å². The van der Waals surface area contributed by atoms with Gasteiger partial charge in [-0.2, -0.15) is 5.26 Å². The number of carbonyl (C=O) groups is 1. The lowest BCUT2D eigenvalue weighted by atomic mass is 10.1. The number of hydrogen-bond donors (Lipinski definition) is 1. The summed E-state index contributed by atoms with van der Waals surface area (Å²) in [5.74, 6) is 0.792. The Morgan fingerprint density at radius 1 is 1.38 bits per heavy atom. The van der Waals surface area contributed by atoms with Gasteiger partial charge in [0.25, 0.3) is 5.91 Å². The molecule has 0 bridgehead atoms. The summed E-state index contributed by atoms with van der Waals surface area (Å²) in [6.45, 7) is 6.60. The van der Waals surface area contributed by atoms with Gasteiger partial charge < -0.3 is 14.8 Å². The highest BCUT2D eigenvalue weighted by Crippen LogP contribution is 2.29. The molecule has 0 radical (unpaired) electrons. The van der Waals surface area contributed by atoms with Crippen LogP contribution in [0.15, 0.2) is 36.4 Å². The van der Waals surface area contributed by atoms with E-state index in [1.165, 1.54) is 6.08 Å². The van der Waals surface area contributed by atoms with Crippen molar-refractivity contribution in [1.82, 2.24) is 5.32 Å². The zero-order valence-electron chi connectivity index (χ0n) is 14.3. The molecule has 24 heavy (non-hydrogen) atoms. The van der Waals surface area contributed by atoms with Gasteiger partial charge in [0.2, 0.25) is 0 Å². The first kappa shape index (κ1) is 19.3. The van der Waals surface area contributed by atoms with Gasteiger partial charge in [0, 0.05) is 6.54 Å². The highest BCUT2D eigenvalue weighted by molar-refractivity contribution is 6.01. The van der Waals surface area contributed by atoms with Gasteiger partial charge in [-0.05, 0) is 30.2 Å². The molecule has 1 aromatic rings. The molecule has 0 atom stereocenters. The lowest BCUT2D eigenvalue weighted by molar-refractivity contribution is -0.116. The third kappa shape index (κ3) is 6.17. The van der Waals surface area contributed by atoms with Crippen LogP contribution >= 0.6 is 0 Å². The van der Waals surface area contributed by atoms with E-state index in [1.54, 1.807) is 31.4 Å². The summed E-state index contributed by atoms with van der Waals surface area (Å²) in [4.78, 5) is 11.9. The van der Waals surface area contributed by atoms with Crippen LogP contribution in [0.1, 0.15) is 31.7 Å². The van der Waals surface area contributed by atoms with Crippen molar-refractivity contribution < 1.29 is 14.3 Å². The van der Waals surface area contributed by atoms with Crippen LogP contribution < -0.4 is 14.8 Å². The topological polar surface area (TPSA) is 71.4 Å². The number of rotatable bonds is 10. The summed E-state index contributed by atoms with van der Waals surface area (Å²) in [6, 6.07) is 7.22. The van der Waals surface area contributed by atoms with Crippen molar-refractivity contribution in [2.24, 2.45) is 0 Å². The van der Waals surface area contributed by atoms with E-state index in [2.05, 4.69) is 18.8 Å². The van der Waals surface area contributed by atoms with E-state index in [9.17, 15) is 4.79 Å². The summed E-state index contributed by atoms with van der Waals surface area (Å²) in [6.07, 6.45) is 6.31. The molecule has 1 rings (SSSR count). The minimum absolute atomic E-state index is 0.0236. The molecule has 0 saturated carbocycles. The Morgan fingerprint density at radius 2 is 2.17 bits per heavy atom. The van der Waals surface area contributed by atoms with Crippen molar-refractivity contribution in [3.63, 3.8) is 0 Å². The number of amides is 1. The average molecular weight is 328 g/mol. The molecule has 1 aromatic carbocycles. The Labute approximate surface area is 143 Å². The Morgan fingerprint density at radius 3 is 2.79 bits per heavy atom. The summed E-state index contributed by atoms with van der Waals surface area (Å²) in [5, 5.41) is 11.7. The first-order valence-electron chi connectivity index (χ1n) is 7.98. The molecular weight excluding hydrogens is 304 g/mol. The monoisotopic (exact) mass is 328 g/mol. The van der Waals surface area contributed by atoms with Crippen LogP contribution in [0, 0.1) is 11.3 Å². The van der Waals surface area contributed by atoms with Gasteiger partial charge >= 0.3 is 0 Å². The normalized spacial score (nSPS) is 10.6. The van der Waals surface area contributed by atoms with E-state index in [1.807, 2.05) is 6.07 Å². The number of ether oxygens (including phenoxy) is 2. The van der Waals surface area contributed by atoms with Crippen molar-refractivity contribution in [3.05, 3.63) is 42.0 Å². The molecule has 0 aliphatic rings. The molecule has 0 aliphatic heterocycles. The maximum Gasteiger partial charge on any atom is 0.262 e. The van der Waals surface area contributed by atoms with E-state index < -0.39 is 5.91 Å². The second kappa shape index (κ2) is 10.9. The van der Waals surface area contributed by atoms with Crippen LogP contribution in [-0.4, -0.2) is 26.2 Å². The molecule has 1 amide bonds. The molecule has 0 aliphatic carbocycles. The van der Waals surface area contributed by atoms with E-state index in [0.29, 0.717) is 30.2 Å². The molecule has 1 N–H and O–H groups in total. The molecule has 0 saturated heterocycles. The number of benzene rings is 1.